The number of piperazine rings is 1. The Balaban J connectivity index is 1.42. The van der Waals surface area contributed by atoms with Gasteiger partial charge in [0, 0.05) is 47.3 Å². The van der Waals surface area contributed by atoms with E-state index in [2.05, 4.69) is 22.5 Å². The lowest BCUT2D eigenvalue weighted by molar-refractivity contribution is -0.137. The van der Waals surface area contributed by atoms with Crippen molar-refractivity contribution in [3.63, 3.8) is 0 Å². The molecule has 3 atom stereocenters. The average molecular weight is 453 g/mol. The topological polar surface area (TPSA) is 81.8 Å². The van der Waals surface area contributed by atoms with Crippen LogP contribution in [0.5, 0.6) is 0 Å². The first-order valence-corrected chi connectivity index (χ1v) is 11.1. The van der Waals surface area contributed by atoms with Gasteiger partial charge >= 0.3 is 6.03 Å². The van der Waals surface area contributed by atoms with E-state index in [0.717, 1.165) is 18.5 Å². The molecule has 3 aliphatic rings. The van der Waals surface area contributed by atoms with E-state index in [0.29, 0.717) is 36.1 Å². The van der Waals surface area contributed by atoms with Crippen LogP contribution in [0.4, 0.5) is 10.5 Å². The monoisotopic (exact) mass is 452 g/mol. The number of halogens is 2. The van der Waals surface area contributed by atoms with Crippen molar-refractivity contribution < 1.29 is 14.4 Å². The molecule has 3 fully saturated rings. The molecule has 0 radical (unpaired) electrons. The molecule has 4 rings (SSSR count). The second-order valence-electron chi connectivity index (χ2n) is 8.71. The highest BCUT2D eigenvalue weighted by molar-refractivity contribution is 6.35. The van der Waals surface area contributed by atoms with E-state index in [1.165, 1.54) is 0 Å². The summed E-state index contributed by atoms with van der Waals surface area (Å²) in [5, 5.41) is 6.33. The molecule has 0 spiro atoms. The van der Waals surface area contributed by atoms with E-state index in [9.17, 15) is 14.4 Å². The molecule has 2 N–H and O–H groups in total. The molecule has 162 valence electrons. The minimum Gasteiger partial charge on any atom is -0.365 e. The van der Waals surface area contributed by atoms with E-state index < -0.39 is 11.6 Å². The van der Waals surface area contributed by atoms with E-state index in [-0.39, 0.29) is 29.7 Å². The van der Waals surface area contributed by atoms with Gasteiger partial charge in [0.05, 0.1) is 0 Å². The Kier molecular flexibility index (Phi) is 5.62. The Hall–Kier alpha value is -1.99. The molecule has 1 aromatic rings. The number of anilines is 1. The molecule has 7 nitrogen and oxygen atoms in total. The second kappa shape index (κ2) is 7.93. The molecule has 1 saturated carbocycles. The first kappa shape index (κ1) is 21.2. The van der Waals surface area contributed by atoms with Crippen LogP contribution in [0.2, 0.25) is 10.0 Å². The van der Waals surface area contributed by atoms with Crippen molar-refractivity contribution in [1.82, 2.24) is 15.5 Å². The number of benzene rings is 1. The summed E-state index contributed by atoms with van der Waals surface area (Å²) >= 11 is 12.3. The second-order valence-corrected chi connectivity index (χ2v) is 9.59. The fourth-order valence-electron chi connectivity index (χ4n) is 4.81. The maximum atomic E-state index is 13.2. The van der Waals surface area contributed by atoms with Crippen molar-refractivity contribution in [2.24, 2.45) is 11.8 Å². The predicted octanol–water partition coefficient (Wildman–Crippen LogP) is 3.04. The van der Waals surface area contributed by atoms with Crippen LogP contribution in [0.3, 0.4) is 0 Å². The highest BCUT2D eigenvalue weighted by atomic mass is 35.5. The summed E-state index contributed by atoms with van der Waals surface area (Å²) in [4.78, 5) is 41.5. The lowest BCUT2D eigenvalue weighted by Crippen LogP contribution is -2.56. The first-order valence-electron chi connectivity index (χ1n) is 10.3. The van der Waals surface area contributed by atoms with Crippen molar-refractivity contribution in [1.29, 1.82) is 0 Å². The van der Waals surface area contributed by atoms with E-state index >= 15 is 0 Å². The standard InChI is InChI=1S/C21H26Cl2N4O3/c1-12(10-21(14-3-4-14)19(29)24-20(30)25-21)18(28)26-5-6-27(13(2)11-26)17-8-15(22)7-16(23)9-17/h7-9,12-14H,3-6,10-11H2,1-2H3,(H2,24,25,29,30)/t12?,13-,21?/m1/s1. The minimum atomic E-state index is -0.947. The molecule has 2 heterocycles. The molecule has 2 saturated heterocycles. The van der Waals surface area contributed by atoms with Gasteiger partial charge in [0.2, 0.25) is 5.91 Å². The molecule has 2 unspecified atom stereocenters. The van der Waals surface area contributed by atoms with Crippen molar-refractivity contribution >= 4 is 46.7 Å². The van der Waals surface area contributed by atoms with Crippen LogP contribution in [-0.2, 0) is 9.59 Å². The van der Waals surface area contributed by atoms with Gasteiger partial charge in [0.1, 0.15) is 5.54 Å². The van der Waals surface area contributed by atoms with Crippen molar-refractivity contribution in [3.05, 3.63) is 28.2 Å². The Morgan fingerprint density at radius 2 is 1.87 bits per heavy atom. The Labute approximate surface area is 186 Å². The summed E-state index contributed by atoms with van der Waals surface area (Å²) in [6.45, 7) is 5.73. The lowest BCUT2D eigenvalue weighted by Gasteiger charge is -2.42. The van der Waals surface area contributed by atoms with Crippen molar-refractivity contribution in [3.8, 4) is 0 Å². The van der Waals surface area contributed by atoms with Gasteiger partial charge in [0.15, 0.2) is 0 Å². The fourth-order valence-corrected chi connectivity index (χ4v) is 5.32. The third-order valence-corrected chi connectivity index (χ3v) is 6.85. The van der Waals surface area contributed by atoms with Crippen LogP contribution in [0.25, 0.3) is 0 Å². The number of nitrogens with one attached hydrogen (secondary N) is 2. The van der Waals surface area contributed by atoms with Crippen LogP contribution in [0.1, 0.15) is 33.1 Å². The summed E-state index contributed by atoms with van der Waals surface area (Å²) < 4.78 is 0. The Morgan fingerprint density at radius 3 is 2.40 bits per heavy atom. The molecule has 1 aliphatic carbocycles. The van der Waals surface area contributed by atoms with Crippen LogP contribution >= 0.6 is 23.2 Å². The number of amides is 4. The largest absolute Gasteiger partial charge is 0.365 e. The van der Waals surface area contributed by atoms with Crippen LogP contribution in [0, 0.1) is 11.8 Å². The van der Waals surface area contributed by atoms with Gasteiger partial charge in [0.25, 0.3) is 5.91 Å². The molecular formula is C21H26Cl2N4O3. The number of hydrogen-bond donors (Lipinski definition) is 2. The molecule has 0 aromatic heterocycles. The Bertz CT molecular complexity index is 871. The normalized spacial score (nSPS) is 27.7. The maximum Gasteiger partial charge on any atom is 0.322 e. The van der Waals surface area contributed by atoms with Crippen LogP contribution < -0.4 is 15.5 Å². The van der Waals surface area contributed by atoms with Gasteiger partial charge in [-0.15, -0.1) is 0 Å². The van der Waals surface area contributed by atoms with Crippen LogP contribution in [0.15, 0.2) is 18.2 Å². The van der Waals surface area contributed by atoms with Gasteiger partial charge in [-0.1, -0.05) is 30.1 Å². The van der Waals surface area contributed by atoms with Gasteiger partial charge in [-0.05, 0) is 50.3 Å². The number of hydrogen-bond acceptors (Lipinski definition) is 4. The highest BCUT2D eigenvalue weighted by Gasteiger charge is 2.56. The number of nitrogens with zero attached hydrogens (tertiary/aromatic N) is 2. The van der Waals surface area contributed by atoms with Gasteiger partial charge < -0.3 is 15.1 Å². The van der Waals surface area contributed by atoms with E-state index in [4.69, 9.17) is 23.2 Å². The molecule has 4 amide bonds. The molecular weight excluding hydrogens is 427 g/mol. The van der Waals surface area contributed by atoms with Gasteiger partial charge in [-0.25, -0.2) is 4.79 Å². The summed E-state index contributed by atoms with van der Waals surface area (Å²) in [5.41, 5.74) is -0.00453. The van der Waals surface area contributed by atoms with Gasteiger partial charge in [-0.3, -0.25) is 14.9 Å². The van der Waals surface area contributed by atoms with Crippen molar-refractivity contribution in [2.75, 3.05) is 24.5 Å². The van der Waals surface area contributed by atoms with Crippen LogP contribution in [-0.4, -0.2) is 54.0 Å². The fraction of sp³-hybridized carbons (Fsp3) is 0.571. The van der Waals surface area contributed by atoms with E-state index in [1.807, 2.05) is 24.0 Å². The third-order valence-electron chi connectivity index (χ3n) is 6.41. The maximum absolute atomic E-state index is 13.2. The summed E-state index contributed by atoms with van der Waals surface area (Å²) in [6.07, 6.45) is 2.12. The zero-order valence-electron chi connectivity index (χ0n) is 17.1. The average Bonchev–Trinajstić information content (AvgIpc) is 3.47. The number of carbonyl (C=O) groups excluding carboxylic acids is 3. The van der Waals surface area contributed by atoms with E-state index in [1.54, 1.807) is 6.07 Å². The number of carbonyl (C=O) groups is 3. The molecule has 1 aromatic carbocycles. The summed E-state index contributed by atoms with van der Waals surface area (Å²) in [6, 6.07) is 5.09. The summed E-state index contributed by atoms with van der Waals surface area (Å²) in [7, 11) is 0. The van der Waals surface area contributed by atoms with Gasteiger partial charge in [-0.2, -0.15) is 0 Å². The molecule has 0 bridgehead atoms. The number of rotatable bonds is 5. The zero-order valence-corrected chi connectivity index (χ0v) is 18.6. The smallest absolute Gasteiger partial charge is 0.322 e. The lowest BCUT2D eigenvalue weighted by atomic mass is 9.83. The quantitative estimate of drug-likeness (QED) is 0.672. The first-order chi connectivity index (χ1) is 14.2. The molecule has 2 aliphatic heterocycles. The summed E-state index contributed by atoms with van der Waals surface area (Å²) in [5.74, 6) is -0.540. The number of imide groups is 1. The third kappa shape index (κ3) is 3.97. The highest BCUT2D eigenvalue weighted by Crippen LogP contribution is 2.44. The molecule has 9 heteroatoms. The SMILES string of the molecule is CC(CC1(C2CC2)NC(=O)NC1=O)C(=O)N1CCN(c2cc(Cl)cc(Cl)c2)[C@H](C)C1. The zero-order chi connectivity index (χ0) is 21.6. The minimum absolute atomic E-state index is 0.0135. The van der Waals surface area contributed by atoms with Crippen molar-refractivity contribution in [2.45, 2.75) is 44.7 Å². The Morgan fingerprint density at radius 1 is 1.20 bits per heavy atom. The number of urea groups is 1. The predicted molar refractivity (Wildman–Crippen MR) is 116 cm³/mol. The molecule has 30 heavy (non-hydrogen) atoms.